The van der Waals surface area contributed by atoms with Gasteiger partial charge in [-0.2, -0.15) is 5.10 Å². The first-order valence-electron chi connectivity index (χ1n) is 8.53. The molecule has 0 radical (unpaired) electrons. The molecule has 1 aromatic heterocycles. The molecule has 1 N–H and O–H groups in total. The molecule has 0 saturated heterocycles. The number of amides is 1. The molecular formula is C20H18FN3O2S. The molecule has 2 heterocycles. The van der Waals surface area contributed by atoms with Crippen molar-refractivity contribution in [3.05, 3.63) is 76.2 Å². The third kappa shape index (κ3) is 3.19. The number of rotatable bonds is 3. The van der Waals surface area contributed by atoms with E-state index in [4.69, 9.17) is 0 Å². The standard InChI is InChI=1S/C20H18FN3O2S/c1-12-4-3-5-18(13(12)2)24-19(16-10-27(26)11-17(16)23-24)22-20(25)14-6-8-15(21)9-7-14/h3-9H,10-11H2,1-2H3,(H,22,25). The maximum absolute atomic E-state index is 13.1. The van der Waals surface area contributed by atoms with Gasteiger partial charge in [-0.1, -0.05) is 12.1 Å². The quantitative estimate of drug-likeness (QED) is 0.751. The van der Waals surface area contributed by atoms with Crippen LogP contribution in [0.5, 0.6) is 0 Å². The monoisotopic (exact) mass is 383 g/mol. The van der Waals surface area contributed by atoms with E-state index in [9.17, 15) is 13.4 Å². The van der Waals surface area contributed by atoms with Crippen molar-refractivity contribution in [1.82, 2.24) is 9.78 Å². The Morgan fingerprint density at radius 3 is 2.63 bits per heavy atom. The number of carbonyl (C=O) groups excluding carboxylic acids is 1. The van der Waals surface area contributed by atoms with Crippen LogP contribution in [-0.4, -0.2) is 19.9 Å². The Bertz CT molecular complexity index is 1070. The highest BCUT2D eigenvalue weighted by molar-refractivity contribution is 7.83. The fourth-order valence-electron chi connectivity index (χ4n) is 3.18. The van der Waals surface area contributed by atoms with Gasteiger partial charge in [0, 0.05) is 21.9 Å². The number of nitrogens with zero attached hydrogens (tertiary/aromatic N) is 2. The van der Waals surface area contributed by atoms with Crippen molar-refractivity contribution in [1.29, 1.82) is 0 Å². The zero-order valence-corrected chi connectivity index (χ0v) is 15.8. The van der Waals surface area contributed by atoms with Gasteiger partial charge in [0.2, 0.25) is 0 Å². The van der Waals surface area contributed by atoms with Crippen molar-refractivity contribution >= 4 is 22.5 Å². The van der Waals surface area contributed by atoms with E-state index in [1.807, 2.05) is 32.0 Å². The van der Waals surface area contributed by atoms with Crippen molar-refractivity contribution in [2.24, 2.45) is 0 Å². The lowest BCUT2D eigenvalue weighted by Crippen LogP contribution is -2.17. The Kier molecular flexibility index (Phi) is 4.39. The molecule has 2 aromatic carbocycles. The molecule has 1 amide bonds. The van der Waals surface area contributed by atoms with Gasteiger partial charge in [-0.3, -0.25) is 9.00 Å². The molecule has 1 aliphatic rings. The Morgan fingerprint density at radius 1 is 1.15 bits per heavy atom. The highest BCUT2D eigenvalue weighted by Crippen LogP contribution is 2.32. The molecule has 0 bridgehead atoms. The number of halogens is 1. The van der Waals surface area contributed by atoms with Crippen molar-refractivity contribution in [3.8, 4) is 5.69 Å². The van der Waals surface area contributed by atoms with Gasteiger partial charge in [-0.05, 0) is 55.3 Å². The van der Waals surface area contributed by atoms with Gasteiger partial charge in [0.05, 0.1) is 22.9 Å². The second-order valence-corrected chi connectivity index (χ2v) is 8.05. The smallest absolute Gasteiger partial charge is 0.256 e. The maximum atomic E-state index is 13.1. The van der Waals surface area contributed by atoms with Crippen molar-refractivity contribution in [3.63, 3.8) is 0 Å². The van der Waals surface area contributed by atoms with Crippen LogP contribution in [-0.2, 0) is 22.3 Å². The molecule has 27 heavy (non-hydrogen) atoms. The van der Waals surface area contributed by atoms with Crippen LogP contribution in [0, 0.1) is 19.7 Å². The lowest BCUT2D eigenvalue weighted by Gasteiger charge is -2.14. The van der Waals surface area contributed by atoms with Gasteiger partial charge in [-0.15, -0.1) is 0 Å². The fourth-order valence-corrected chi connectivity index (χ4v) is 4.44. The molecule has 1 unspecified atom stereocenters. The highest BCUT2D eigenvalue weighted by atomic mass is 32.2. The van der Waals surface area contributed by atoms with Crippen molar-refractivity contribution in [2.45, 2.75) is 25.4 Å². The number of nitrogens with one attached hydrogen (secondary N) is 1. The second kappa shape index (κ2) is 6.74. The van der Waals surface area contributed by atoms with E-state index in [1.54, 1.807) is 4.68 Å². The Hall–Kier alpha value is -2.80. The topological polar surface area (TPSA) is 64.0 Å². The van der Waals surface area contributed by atoms with Crippen LogP contribution in [0.1, 0.15) is 32.7 Å². The zero-order valence-electron chi connectivity index (χ0n) is 15.0. The summed E-state index contributed by atoms with van der Waals surface area (Å²) in [6.07, 6.45) is 0. The van der Waals surface area contributed by atoms with Gasteiger partial charge in [0.25, 0.3) is 5.91 Å². The number of fused-ring (bicyclic) bond motifs is 1. The summed E-state index contributed by atoms with van der Waals surface area (Å²) in [6.45, 7) is 4.02. The molecule has 1 atom stereocenters. The molecule has 7 heteroatoms. The Morgan fingerprint density at radius 2 is 1.89 bits per heavy atom. The summed E-state index contributed by atoms with van der Waals surface area (Å²) in [5, 5.41) is 7.52. The minimum absolute atomic E-state index is 0.345. The minimum Gasteiger partial charge on any atom is -0.306 e. The summed E-state index contributed by atoms with van der Waals surface area (Å²) in [6, 6.07) is 11.3. The van der Waals surface area contributed by atoms with Crippen LogP contribution in [0.3, 0.4) is 0 Å². The lowest BCUT2D eigenvalue weighted by atomic mass is 10.1. The van der Waals surface area contributed by atoms with Crippen LogP contribution in [0.4, 0.5) is 10.2 Å². The number of hydrogen-bond acceptors (Lipinski definition) is 3. The van der Waals surface area contributed by atoms with Crippen molar-refractivity contribution < 1.29 is 13.4 Å². The summed E-state index contributed by atoms with van der Waals surface area (Å²) < 4.78 is 26.8. The molecule has 0 spiro atoms. The van der Waals surface area contributed by atoms with Crippen molar-refractivity contribution in [2.75, 3.05) is 5.32 Å². The molecule has 4 rings (SSSR count). The first-order chi connectivity index (χ1) is 12.9. The van der Waals surface area contributed by atoms with E-state index in [0.717, 1.165) is 28.1 Å². The van der Waals surface area contributed by atoms with Gasteiger partial charge in [-0.25, -0.2) is 9.07 Å². The summed E-state index contributed by atoms with van der Waals surface area (Å²) in [5.41, 5.74) is 4.91. The number of aromatic nitrogens is 2. The summed E-state index contributed by atoms with van der Waals surface area (Å²) in [5.74, 6) is 0.510. The molecular weight excluding hydrogens is 365 g/mol. The predicted molar refractivity (Wildman–Crippen MR) is 103 cm³/mol. The number of carbonyl (C=O) groups is 1. The lowest BCUT2D eigenvalue weighted by molar-refractivity contribution is 0.102. The number of hydrogen-bond donors (Lipinski definition) is 1. The van der Waals surface area contributed by atoms with Crippen LogP contribution in [0.2, 0.25) is 0 Å². The van der Waals surface area contributed by atoms with Gasteiger partial charge >= 0.3 is 0 Å². The van der Waals surface area contributed by atoms with E-state index in [2.05, 4.69) is 10.4 Å². The van der Waals surface area contributed by atoms with E-state index in [-0.39, 0.29) is 5.91 Å². The predicted octanol–water partition coefficient (Wildman–Crippen LogP) is 3.64. The van der Waals surface area contributed by atoms with Crippen LogP contribution >= 0.6 is 0 Å². The summed E-state index contributed by atoms with van der Waals surface area (Å²) in [4.78, 5) is 12.7. The number of benzene rings is 2. The summed E-state index contributed by atoms with van der Waals surface area (Å²) in [7, 11) is -1.01. The van der Waals surface area contributed by atoms with E-state index in [1.165, 1.54) is 24.3 Å². The molecule has 0 fully saturated rings. The molecule has 1 aliphatic heterocycles. The highest BCUT2D eigenvalue weighted by Gasteiger charge is 2.29. The zero-order chi connectivity index (χ0) is 19.1. The van der Waals surface area contributed by atoms with E-state index in [0.29, 0.717) is 22.9 Å². The molecule has 0 aliphatic carbocycles. The normalized spacial score (nSPS) is 15.6. The van der Waals surface area contributed by atoms with Crippen LogP contribution < -0.4 is 5.32 Å². The SMILES string of the molecule is Cc1cccc(-n2nc3c(c2NC(=O)c2ccc(F)cc2)CS(=O)C3)c1C. The third-order valence-electron chi connectivity index (χ3n) is 4.81. The Balaban J connectivity index is 1.79. The fraction of sp³-hybridized carbons (Fsp3) is 0.200. The first kappa shape index (κ1) is 17.6. The van der Waals surface area contributed by atoms with Gasteiger partial charge in [0.1, 0.15) is 11.6 Å². The van der Waals surface area contributed by atoms with E-state index >= 15 is 0 Å². The average molecular weight is 383 g/mol. The number of anilines is 1. The van der Waals surface area contributed by atoms with Crippen LogP contribution in [0.25, 0.3) is 5.69 Å². The molecule has 3 aromatic rings. The molecule has 0 saturated carbocycles. The maximum Gasteiger partial charge on any atom is 0.256 e. The van der Waals surface area contributed by atoms with E-state index < -0.39 is 16.6 Å². The summed E-state index contributed by atoms with van der Waals surface area (Å²) >= 11 is 0. The minimum atomic E-state index is -1.01. The van der Waals surface area contributed by atoms with Gasteiger partial charge in [0.15, 0.2) is 0 Å². The first-order valence-corrected chi connectivity index (χ1v) is 10.0. The second-order valence-electron chi connectivity index (χ2n) is 6.59. The average Bonchev–Trinajstić information content (AvgIpc) is 3.15. The van der Waals surface area contributed by atoms with Crippen LogP contribution in [0.15, 0.2) is 42.5 Å². The third-order valence-corrected chi connectivity index (χ3v) is 6.02. The van der Waals surface area contributed by atoms with Gasteiger partial charge < -0.3 is 5.32 Å². The largest absolute Gasteiger partial charge is 0.306 e. The Labute approximate surface area is 158 Å². The molecule has 138 valence electrons. The number of aryl methyl sites for hydroxylation is 1. The molecule has 5 nitrogen and oxygen atoms in total.